The Morgan fingerprint density at radius 2 is 1.90 bits per heavy atom. The Hall–Kier alpha value is -1.75. The molecule has 0 saturated carbocycles. The molecule has 21 heavy (non-hydrogen) atoms. The topological polar surface area (TPSA) is 81.4 Å². The van der Waals surface area contributed by atoms with Crippen LogP contribution >= 0.6 is 11.6 Å². The molecule has 0 saturated heterocycles. The number of hydrogen-bond donors (Lipinski definition) is 2. The number of ether oxygens (including phenoxy) is 1. The monoisotopic (exact) mass is 312 g/mol. The maximum atomic E-state index is 12.1. The molecule has 116 valence electrons. The summed E-state index contributed by atoms with van der Waals surface area (Å²) in [5, 5.41) is 3.20. The van der Waals surface area contributed by atoms with E-state index >= 15 is 0 Å². The van der Waals surface area contributed by atoms with Crippen LogP contribution in [0, 0.1) is 12.8 Å². The maximum absolute atomic E-state index is 12.1. The van der Waals surface area contributed by atoms with Crippen molar-refractivity contribution in [1.29, 1.82) is 0 Å². The molecule has 0 unspecified atom stereocenters. The Morgan fingerprint density at radius 3 is 2.38 bits per heavy atom. The van der Waals surface area contributed by atoms with E-state index in [2.05, 4.69) is 5.32 Å². The Balaban J connectivity index is 2.72. The summed E-state index contributed by atoms with van der Waals surface area (Å²) in [4.78, 5) is 23.4. The lowest BCUT2D eigenvalue weighted by atomic mass is 10.0. The number of nitrogens with two attached hydrogens (primary N) is 1. The van der Waals surface area contributed by atoms with Gasteiger partial charge in [-0.3, -0.25) is 9.59 Å². The number of aryl methyl sites for hydroxylation is 1. The lowest BCUT2D eigenvalue weighted by Gasteiger charge is -2.22. The van der Waals surface area contributed by atoms with Crippen molar-refractivity contribution in [1.82, 2.24) is 5.32 Å². The van der Waals surface area contributed by atoms with Crippen LogP contribution in [0.25, 0.3) is 0 Å². The summed E-state index contributed by atoms with van der Waals surface area (Å²) < 4.78 is 5.60. The molecule has 1 rings (SSSR count). The fourth-order valence-corrected chi connectivity index (χ4v) is 2.05. The molecule has 1 aromatic carbocycles. The van der Waals surface area contributed by atoms with Gasteiger partial charge < -0.3 is 15.8 Å². The van der Waals surface area contributed by atoms with E-state index in [0.29, 0.717) is 10.8 Å². The van der Waals surface area contributed by atoms with E-state index in [1.165, 1.54) is 0 Å². The Labute approximate surface area is 129 Å². The fraction of sp³-hybridized carbons (Fsp3) is 0.467. The lowest BCUT2D eigenvalue weighted by Crippen LogP contribution is -2.51. The summed E-state index contributed by atoms with van der Waals surface area (Å²) in [6.07, 6.45) is -0.745. The molecule has 0 aliphatic rings. The molecular weight excluding hydrogens is 292 g/mol. The summed E-state index contributed by atoms with van der Waals surface area (Å²) in [5.41, 5.74) is 6.10. The first kappa shape index (κ1) is 17.3. The second kappa shape index (κ2) is 7.31. The third kappa shape index (κ3) is 4.93. The zero-order valence-electron chi connectivity index (χ0n) is 12.6. The molecule has 0 spiro atoms. The van der Waals surface area contributed by atoms with E-state index < -0.39 is 18.1 Å². The van der Waals surface area contributed by atoms with Crippen molar-refractivity contribution in [2.24, 2.45) is 11.7 Å². The molecule has 0 heterocycles. The van der Waals surface area contributed by atoms with Crippen LogP contribution in [-0.2, 0) is 9.59 Å². The van der Waals surface area contributed by atoms with Gasteiger partial charge in [0.1, 0.15) is 11.8 Å². The van der Waals surface area contributed by atoms with Crippen molar-refractivity contribution in [2.75, 3.05) is 0 Å². The van der Waals surface area contributed by atoms with Crippen LogP contribution in [0.15, 0.2) is 18.2 Å². The van der Waals surface area contributed by atoms with Crippen LogP contribution < -0.4 is 15.8 Å². The van der Waals surface area contributed by atoms with Gasteiger partial charge in [-0.1, -0.05) is 25.4 Å². The van der Waals surface area contributed by atoms with E-state index in [1.54, 1.807) is 25.1 Å². The second-order valence-corrected chi connectivity index (χ2v) is 5.74. The number of carbonyl (C=O) groups is 2. The van der Waals surface area contributed by atoms with Crippen LogP contribution in [0.1, 0.15) is 26.3 Å². The van der Waals surface area contributed by atoms with E-state index in [4.69, 9.17) is 22.1 Å². The predicted molar refractivity (Wildman–Crippen MR) is 82.2 cm³/mol. The van der Waals surface area contributed by atoms with Crippen molar-refractivity contribution in [3.63, 3.8) is 0 Å². The molecular formula is C15H21ClN2O3. The molecule has 2 atom stereocenters. The average Bonchev–Trinajstić information content (AvgIpc) is 2.37. The first-order valence-corrected chi connectivity index (χ1v) is 7.12. The third-order valence-corrected chi connectivity index (χ3v) is 3.32. The number of rotatable bonds is 6. The highest BCUT2D eigenvalue weighted by molar-refractivity contribution is 6.30. The molecule has 2 amide bonds. The predicted octanol–water partition coefficient (Wildman–Crippen LogP) is 2.04. The normalized spacial score (nSPS) is 13.6. The number of benzene rings is 1. The SMILES string of the molecule is Cc1cc(Cl)ccc1O[C@H](C)C(=O)N[C@@H](C(N)=O)C(C)C. The standard InChI is InChI=1S/C15H21ClN2O3/c1-8(2)13(14(17)19)18-15(20)10(4)21-12-6-5-11(16)7-9(12)3/h5-8,10,13H,1-4H3,(H2,17,19)(H,18,20)/t10-,13-/m1/s1. The Morgan fingerprint density at radius 1 is 1.29 bits per heavy atom. The molecule has 0 aliphatic heterocycles. The van der Waals surface area contributed by atoms with Crippen molar-refractivity contribution >= 4 is 23.4 Å². The van der Waals surface area contributed by atoms with Crippen molar-refractivity contribution in [2.45, 2.75) is 39.8 Å². The lowest BCUT2D eigenvalue weighted by molar-refractivity contribution is -0.132. The van der Waals surface area contributed by atoms with E-state index in [9.17, 15) is 9.59 Å². The molecule has 0 radical (unpaired) electrons. The minimum absolute atomic E-state index is 0.0871. The summed E-state index contributed by atoms with van der Waals surface area (Å²) in [7, 11) is 0. The molecule has 1 aromatic rings. The van der Waals surface area contributed by atoms with Crippen LogP contribution in [-0.4, -0.2) is 24.0 Å². The number of amides is 2. The largest absolute Gasteiger partial charge is 0.481 e. The van der Waals surface area contributed by atoms with Crippen LogP contribution in [0.3, 0.4) is 0 Å². The average molecular weight is 313 g/mol. The van der Waals surface area contributed by atoms with Gasteiger partial charge in [0.2, 0.25) is 5.91 Å². The summed E-state index contributed by atoms with van der Waals surface area (Å²) in [6, 6.07) is 4.43. The highest BCUT2D eigenvalue weighted by Gasteiger charge is 2.25. The number of halogens is 1. The zero-order chi connectivity index (χ0) is 16.2. The fourth-order valence-electron chi connectivity index (χ4n) is 1.83. The summed E-state index contributed by atoms with van der Waals surface area (Å²) in [6.45, 7) is 7.07. The third-order valence-electron chi connectivity index (χ3n) is 3.08. The van der Waals surface area contributed by atoms with Crippen molar-refractivity contribution in [3.05, 3.63) is 28.8 Å². The molecule has 3 N–H and O–H groups in total. The smallest absolute Gasteiger partial charge is 0.261 e. The van der Waals surface area contributed by atoms with Gasteiger partial charge in [-0.15, -0.1) is 0 Å². The number of nitrogens with one attached hydrogen (secondary N) is 1. The second-order valence-electron chi connectivity index (χ2n) is 5.30. The van der Waals surface area contributed by atoms with Crippen LogP contribution in [0.2, 0.25) is 5.02 Å². The zero-order valence-corrected chi connectivity index (χ0v) is 13.4. The van der Waals surface area contributed by atoms with Gasteiger partial charge in [-0.25, -0.2) is 0 Å². The summed E-state index contributed by atoms with van der Waals surface area (Å²) >= 11 is 5.87. The van der Waals surface area contributed by atoms with Gasteiger partial charge in [-0.2, -0.15) is 0 Å². The number of primary amides is 1. The van der Waals surface area contributed by atoms with Gasteiger partial charge in [-0.05, 0) is 43.5 Å². The van der Waals surface area contributed by atoms with Crippen molar-refractivity contribution < 1.29 is 14.3 Å². The molecule has 0 fully saturated rings. The van der Waals surface area contributed by atoms with Crippen LogP contribution in [0.5, 0.6) is 5.75 Å². The highest BCUT2D eigenvalue weighted by atomic mass is 35.5. The number of hydrogen-bond acceptors (Lipinski definition) is 3. The summed E-state index contributed by atoms with van der Waals surface area (Å²) in [5.74, 6) is -0.465. The molecule has 0 bridgehead atoms. The van der Waals surface area contributed by atoms with Gasteiger partial charge in [0.05, 0.1) is 0 Å². The molecule has 0 aromatic heterocycles. The maximum Gasteiger partial charge on any atom is 0.261 e. The van der Waals surface area contributed by atoms with Gasteiger partial charge in [0, 0.05) is 5.02 Å². The first-order chi connectivity index (χ1) is 9.72. The van der Waals surface area contributed by atoms with Crippen LogP contribution in [0.4, 0.5) is 0 Å². The Kier molecular flexibility index (Phi) is 6.03. The van der Waals surface area contributed by atoms with Gasteiger partial charge in [0.25, 0.3) is 5.91 Å². The van der Waals surface area contributed by atoms with E-state index in [-0.39, 0.29) is 11.8 Å². The number of carbonyl (C=O) groups excluding carboxylic acids is 2. The van der Waals surface area contributed by atoms with E-state index in [0.717, 1.165) is 5.56 Å². The first-order valence-electron chi connectivity index (χ1n) is 6.75. The van der Waals surface area contributed by atoms with E-state index in [1.807, 2.05) is 20.8 Å². The van der Waals surface area contributed by atoms with Gasteiger partial charge in [0.15, 0.2) is 6.10 Å². The minimum Gasteiger partial charge on any atom is -0.481 e. The highest BCUT2D eigenvalue weighted by Crippen LogP contribution is 2.22. The minimum atomic E-state index is -0.745. The van der Waals surface area contributed by atoms with Gasteiger partial charge >= 0.3 is 0 Å². The van der Waals surface area contributed by atoms with Crippen molar-refractivity contribution in [3.8, 4) is 5.75 Å². The Bertz CT molecular complexity index is 532. The molecule has 0 aliphatic carbocycles. The molecule has 5 nitrogen and oxygen atoms in total. The molecule has 6 heteroatoms. The quantitative estimate of drug-likeness (QED) is 0.843.